The fraction of sp³-hybridized carbons (Fsp3) is 0.0952. The summed E-state index contributed by atoms with van der Waals surface area (Å²) in [6.07, 6.45) is 1.61. The van der Waals surface area contributed by atoms with E-state index >= 15 is 0 Å². The second-order valence-electron chi connectivity index (χ2n) is 5.96. The molecular formula is C21H15BrO4. The number of halogens is 1. The monoisotopic (exact) mass is 410 g/mol. The van der Waals surface area contributed by atoms with Gasteiger partial charge in [0.05, 0.1) is 5.56 Å². The number of aryl methyl sites for hydroxylation is 1. The van der Waals surface area contributed by atoms with Gasteiger partial charge in [-0.1, -0.05) is 28.1 Å². The van der Waals surface area contributed by atoms with Crippen LogP contribution in [0.25, 0.3) is 6.08 Å². The molecule has 2 heterocycles. The van der Waals surface area contributed by atoms with Crippen molar-refractivity contribution in [1.29, 1.82) is 0 Å². The molecule has 0 bridgehead atoms. The van der Waals surface area contributed by atoms with Gasteiger partial charge in [0.1, 0.15) is 29.6 Å². The quantitative estimate of drug-likeness (QED) is 0.529. The van der Waals surface area contributed by atoms with Gasteiger partial charge in [-0.25, -0.2) is 0 Å². The van der Waals surface area contributed by atoms with Crippen molar-refractivity contribution in [2.24, 2.45) is 0 Å². The molecule has 1 aromatic heterocycles. The van der Waals surface area contributed by atoms with Gasteiger partial charge >= 0.3 is 0 Å². The van der Waals surface area contributed by atoms with E-state index in [1.807, 2.05) is 37.3 Å². The number of furan rings is 1. The highest BCUT2D eigenvalue weighted by Crippen LogP contribution is 2.35. The Balaban J connectivity index is 1.50. The molecular weight excluding hydrogens is 396 g/mol. The number of ether oxygens (including phenoxy) is 2. The number of ketones is 1. The molecule has 1 aliphatic heterocycles. The average molecular weight is 411 g/mol. The molecule has 0 saturated heterocycles. The lowest BCUT2D eigenvalue weighted by Gasteiger charge is -2.07. The van der Waals surface area contributed by atoms with Crippen LogP contribution in [0.15, 0.2) is 69.2 Å². The molecule has 3 aromatic rings. The Morgan fingerprint density at radius 3 is 2.62 bits per heavy atom. The molecule has 4 nitrogen and oxygen atoms in total. The zero-order chi connectivity index (χ0) is 18.1. The Kier molecular flexibility index (Phi) is 4.39. The van der Waals surface area contributed by atoms with Gasteiger partial charge in [0.25, 0.3) is 0 Å². The molecule has 26 heavy (non-hydrogen) atoms. The van der Waals surface area contributed by atoms with E-state index in [2.05, 4.69) is 15.9 Å². The lowest BCUT2D eigenvalue weighted by molar-refractivity contribution is 0.101. The summed E-state index contributed by atoms with van der Waals surface area (Å²) in [4.78, 5) is 12.5. The number of carbonyl (C=O) groups is 1. The Morgan fingerprint density at radius 2 is 1.88 bits per heavy atom. The molecule has 0 radical (unpaired) electrons. The molecule has 5 heteroatoms. The summed E-state index contributed by atoms with van der Waals surface area (Å²) >= 11 is 3.41. The molecule has 0 saturated carbocycles. The van der Waals surface area contributed by atoms with Crippen LogP contribution in [-0.2, 0) is 6.61 Å². The third-order valence-electron chi connectivity index (χ3n) is 3.99. The summed E-state index contributed by atoms with van der Waals surface area (Å²) in [5.74, 6) is 2.61. The summed E-state index contributed by atoms with van der Waals surface area (Å²) in [5, 5.41) is 0. The first kappa shape index (κ1) is 16.7. The minimum atomic E-state index is -0.159. The summed E-state index contributed by atoms with van der Waals surface area (Å²) in [5.41, 5.74) is 1.58. The summed E-state index contributed by atoms with van der Waals surface area (Å²) in [6.45, 7) is 2.29. The molecule has 130 valence electrons. The van der Waals surface area contributed by atoms with Crippen molar-refractivity contribution in [3.63, 3.8) is 0 Å². The van der Waals surface area contributed by atoms with E-state index in [-0.39, 0.29) is 11.5 Å². The lowest BCUT2D eigenvalue weighted by Crippen LogP contribution is -1.97. The molecule has 0 atom stereocenters. The topological polar surface area (TPSA) is 48.7 Å². The smallest absolute Gasteiger partial charge is 0.232 e. The van der Waals surface area contributed by atoms with Gasteiger partial charge in [-0.3, -0.25) is 4.79 Å². The van der Waals surface area contributed by atoms with E-state index in [1.165, 1.54) is 0 Å². The predicted octanol–water partition coefficient (Wildman–Crippen LogP) is 5.55. The molecule has 2 aromatic carbocycles. The van der Waals surface area contributed by atoms with Gasteiger partial charge in [0.15, 0.2) is 5.76 Å². The fourth-order valence-electron chi connectivity index (χ4n) is 2.66. The number of carbonyl (C=O) groups excluding carboxylic acids is 1. The van der Waals surface area contributed by atoms with Gasteiger partial charge in [-0.15, -0.1) is 0 Å². The van der Waals surface area contributed by atoms with Crippen molar-refractivity contribution in [2.45, 2.75) is 13.5 Å². The van der Waals surface area contributed by atoms with Crippen molar-refractivity contribution in [2.75, 3.05) is 0 Å². The fourth-order valence-corrected chi connectivity index (χ4v) is 2.93. The van der Waals surface area contributed by atoms with Crippen molar-refractivity contribution in [1.82, 2.24) is 0 Å². The summed E-state index contributed by atoms with van der Waals surface area (Å²) in [7, 11) is 0. The predicted molar refractivity (Wildman–Crippen MR) is 101 cm³/mol. The summed E-state index contributed by atoms with van der Waals surface area (Å²) < 4.78 is 18.0. The number of rotatable bonds is 4. The molecule has 0 spiro atoms. The maximum absolute atomic E-state index is 12.5. The number of allylic oxidation sites excluding steroid dienone is 1. The third-order valence-corrected chi connectivity index (χ3v) is 4.52. The minimum Gasteiger partial charge on any atom is -0.489 e. The molecule has 0 fully saturated rings. The van der Waals surface area contributed by atoms with Gasteiger partial charge in [0.2, 0.25) is 5.78 Å². The van der Waals surface area contributed by atoms with Crippen LogP contribution in [0.2, 0.25) is 0 Å². The molecule has 0 N–H and O–H groups in total. The second-order valence-corrected chi connectivity index (χ2v) is 6.88. The average Bonchev–Trinajstić information content (AvgIpc) is 3.18. The van der Waals surface area contributed by atoms with E-state index in [4.69, 9.17) is 13.9 Å². The zero-order valence-corrected chi connectivity index (χ0v) is 15.6. The molecule has 0 aliphatic carbocycles. The van der Waals surface area contributed by atoms with E-state index in [0.29, 0.717) is 29.4 Å². The van der Waals surface area contributed by atoms with E-state index in [9.17, 15) is 4.79 Å². The van der Waals surface area contributed by atoms with E-state index in [0.717, 1.165) is 15.8 Å². The molecule has 0 unspecified atom stereocenters. The van der Waals surface area contributed by atoms with Crippen LogP contribution in [0.4, 0.5) is 0 Å². The minimum absolute atomic E-state index is 0.159. The number of hydrogen-bond acceptors (Lipinski definition) is 4. The highest BCUT2D eigenvalue weighted by molar-refractivity contribution is 9.10. The second kappa shape index (κ2) is 6.84. The van der Waals surface area contributed by atoms with Gasteiger partial charge in [-0.05, 0) is 48.9 Å². The van der Waals surface area contributed by atoms with Crippen LogP contribution in [-0.4, -0.2) is 5.78 Å². The molecule has 4 rings (SSSR count). The van der Waals surface area contributed by atoms with Crippen LogP contribution in [0, 0.1) is 6.92 Å². The SMILES string of the molecule is Cc1ccc(C=C2Oc3cc(OCc4ccc(Br)cc4)ccc3C2=O)o1. The van der Waals surface area contributed by atoms with Crippen molar-refractivity contribution < 1.29 is 18.7 Å². The number of fused-ring (bicyclic) bond motifs is 1. The van der Waals surface area contributed by atoms with E-state index < -0.39 is 0 Å². The zero-order valence-electron chi connectivity index (χ0n) is 14.0. The normalized spacial score (nSPS) is 14.4. The van der Waals surface area contributed by atoms with Crippen LogP contribution in [0.1, 0.15) is 27.4 Å². The van der Waals surface area contributed by atoms with E-state index in [1.54, 1.807) is 30.3 Å². The van der Waals surface area contributed by atoms with Gasteiger partial charge in [0, 0.05) is 16.6 Å². The van der Waals surface area contributed by atoms with Gasteiger partial charge < -0.3 is 13.9 Å². The Morgan fingerprint density at radius 1 is 1.08 bits per heavy atom. The van der Waals surface area contributed by atoms with Crippen molar-refractivity contribution in [3.05, 3.63) is 87.5 Å². The lowest BCUT2D eigenvalue weighted by atomic mass is 10.1. The van der Waals surface area contributed by atoms with Crippen LogP contribution < -0.4 is 9.47 Å². The maximum atomic E-state index is 12.5. The Bertz CT molecular complexity index is 999. The number of benzene rings is 2. The highest BCUT2D eigenvalue weighted by atomic mass is 79.9. The number of Topliss-reactive ketones (excluding diaryl/α,β-unsaturated/α-hetero) is 1. The first-order chi connectivity index (χ1) is 12.6. The number of hydrogen-bond donors (Lipinski definition) is 0. The van der Waals surface area contributed by atoms with Crippen molar-refractivity contribution in [3.8, 4) is 11.5 Å². The first-order valence-corrected chi connectivity index (χ1v) is 8.90. The maximum Gasteiger partial charge on any atom is 0.232 e. The molecule has 0 amide bonds. The van der Waals surface area contributed by atoms with Crippen LogP contribution in [0.3, 0.4) is 0 Å². The highest BCUT2D eigenvalue weighted by Gasteiger charge is 2.28. The first-order valence-electron chi connectivity index (χ1n) is 8.10. The van der Waals surface area contributed by atoms with Crippen LogP contribution >= 0.6 is 15.9 Å². The van der Waals surface area contributed by atoms with Crippen molar-refractivity contribution >= 4 is 27.8 Å². The Hall–Kier alpha value is -2.79. The van der Waals surface area contributed by atoms with Crippen LogP contribution in [0.5, 0.6) is 11.5 Å². The molecule has 1 aliphatic rings. The third kappa shape index (κ3) is 3.44. The summed E-state index contributed by atoms with van der Waals surface area (Å²) in [6, 6.07) is 16.8. The standard InChI is InChI=1S/C21H15BrO4/c1-13-2-7-17(25-13)11-20-21(23)18-9-8-16(10-19(18)26-20)24-12-14-3-5-15(22)6-4-14/h2-11H,12H2,1H3. The largest absolute Gasteiger partial charge is 0.489 e. The van der Waals surface area contributed by atoms with Gasteiger partial charge in [-0.2, -0.15) is 0 Å². The Labute approximate surface area is 159 Å².